The quantitative estimate of drug-likeness (QED) is 0.847. The van der Waals surface area contributed by atoms with E-state index in [1.807, 2.05) is 4.90 Å². The average molecular weight is 302 g/mol. The fourth-order valence-corrected chi connectivity index (χ4v) is 2.58. The van der Waals surface area contributed by atoms with Crippen molar-refractivity contribution in [1.82, 2.24) is 15.1 Å². The molecule has 0 aliphatic carbocycles. The molecule has 2 aliphatic heterocycles. The highest BCUT2D eigenvalue weighted by Gasteiger charge is 2.37. The highest BCUT2D eigenvalue weighted by atomic mass is 35.5. The summed E-state index contributed by atoms with van der Waals surface area (Å²) in [5.41, 5.74) is 0. The van der Waals surface area contributed by atoms with Crippen molar-refractivity contribution in [1.29, 1.82) is 0 Å². The van der Waals surface area contributed by atoms with Crippen molar-refractivity contribution in [3.05, 3.63) is 0 Å². The van der Waals surface area contributed by atoms with E-state index in [1.165, 1.54) is 0 Å². The van der Waals surface area contributed by atoms with Crippen molar-refractivity contribution < 1.29 is 18.0 Å². The van der Waals surface area contributed by atoms with Gasteiger partial charge in [0.25, 0.3) is 0 Å². The first-order chi connectivity index (χ1) is 8.44. The van der Waals surface area contributed by atoms with Crippen LogP contribution in [0.2, 0.25) is 0 Å². The number of hydrogen-bond acceptors (Lipinski definition) is 3. The number of halogens is 4. The van der Waals surface area contributed by atoms with Crippen LogP contribution in [-0.2, 0) is 4.79 Å². The Morgan fingerprint density at radius 1 is 1.37 bits per heavy atom. The smallest absolute Gasteiger partial charge is 0.319 e. The van der Waals surface area contributed by atoms with E-state index in [4.69, 9.17) is 0 Å². The maximum atomic E-state index is 12.2. The highest BCUT2D eigenvalue weighted by Crippen LogP contribution is 2.20. The lowest BCUT2D eigenvalue weighted by Crippen LogP contribution is -2.39. The maximum absolute atomic E-state index is 12.2. The molecule has 2 heterocycles. The minimum Gasteiger partial charge on any atom is -0.319 e. The molecule has 4 nitrogen and oxygen atoms in total. The van der Waals surface area contributed by atoms with Crippen molar-refractivity contribution >= 4 is 18.3 Å². The molecule has 1 amide bonds. The average Bonchev–Trinajstić information content (AvgIpc) is 2.58. The summed E-state index contributed by atoms with van der Waals surface area (Å²) in [6.07, 6.45) is -2.13. The molecule has 0 aromatic heterocycles. The van der Waals surface area contributed by atoms with Crippen LogP contribution in [0.25, 0.3) is 0 Å². The fraction of sp³-hybridized carbons (Fsp3) is 0.909. The van der Waals surface area contributed by atoms with Crippen molar-refractivity contribution in [2.45, 2.75) is 19.0 Å². The lowest BCUT2D eigenvalue weighted by Gasteiger charge is -2.27. The third-order valence-electron chi connectivity index (χ3n) is 3.37. The zero-order valence-corrected chi connectivity index (χ0v) is 11.4. The molecule has 1 N–H and O–H groups in total. The van der Waals surface area contributed by atoms with Crippen molar-refractivity contribution in [3.8, 4) is 0 Å². The van der Waals surface area contributed by atoms with Crippen LogP contribution in [-0.4, -0.2) is 61.3 Å². The van der Waals surface area contributed by atoms with Crippen LogP contribution in [0.4, 0.5) is 13.2 Å². The summed E-state index contributed by atoms with van der Waals surface area (Å²) in [5, 5.41) is 3.26. The van der Waals surface area contributed by atoms with Crippen LogP contribution in [0.1, 0.15) is 12.8 Å². The number of nitrogens with one attached hydrogen (secondary N) is 1. The summed E-state index contributed by atoms with van der Waals surface area (Å²) >= 11 is 0. The molecular formula is C11H19ClF3N3O. The van der Waals surface area contributed by atoms with E-state index in [9.17, 15) is 18.0 Å². The van der Waals surface area contributed by atoms with Crippen LogP contribution in [0, 0.1) is 5.92 Å². The van der Waals surface area contributed by atoms with Gasteiger partial charge in [-0.05, 0) is 31.8 Å². The standard InChI is InChI=1S/C11H18F3N3O.ClH/c12-11(13,14)7-17-8-16(6-10(17)18)5-9-2-1-3-15-4-9;/h9,15H,1-8H2;1H. The Balaban J connectivity index is 0.00000180. The second-order valence-electron chi connectivity index (χ2n) is 5.07. The van der Waals surface area contributed by atoms with E-state index in [1.54, 1.807) is 0 Å². The Morgan fingerprint density at radius 2 is 2.11 bits per heavy atom. The van der Waals surface area contributed by atoms with Gasteiger partial charge < -0.3 is 10.2 Å². The third-order valence-corrected chi connectivity index (χ3v) is 3.37. The summed E-state index contributed by atoms with van der Waals surface area (Å²) in [4.78, 5) is 14.2. The van der Waals surface area contributed by atoms with Gasteiger partial charge in [0.15, 0.2) is 0 Å². The first kappa shape index (κ1) is 16.5. The number of nitrogens with zero attached hydrogens (tertiary/aromatic N) is 2. The highest BCUT2D eigenvalue weighted by molar-refractivity contribution is 5.85. The summed E-state index contributed by atoms with van der Waals surface area (Å²) in [7, 11) is 0. The molecule has 8 heteroatoms. The number of carbonyl (C=O) groups is 1. The molecule has 19 heavy (non-hydrogen) atoms. The third kappa shape index (κ3) is 5.16. The van der Waals surface area contributed by atoms with Gasteiger partial charge in [0.2, 0.25) is 5.91 Å². The van der Waals surface area contributed by atoms with Gasteiger partial charge in [0.05, 0.1) is 13.2 Å². The van der Waals surface area contributed by atoms with Gasteiger partial charge >= 0.3 is 6.18 Å². The van der Waals surface area contributed by atoms with E-state index in [0.717, 1.165) is 30.8 Å². The second kappa shape index (κ2) is 6.76. The Hall–Kier alpha value is -0.530. The number of rotatable bonds is 3. The maximum Gasteiger partial charge on any atom is 0.406 e. The zero-order chi connectivity index (χ0) is 13.2. The lowest BCUT2D eigenvalue weighted by atomic mass is 9.99. The van der Waals surface area contributed by atoms with Crippen LogP contribution in [0.3, 0.4) is 0 Å². The van der Waals surface area contributed by atoms with Crippen molar-refractivity contribution in [2.24, 2.45) is 5.92 Å². The van der Waals surface area contributed by atoms with Gasteiger partial charge in [-0.3, -0.25) is 9.69 Å². The molecule has 0 aromatic rings. The first-order valence-corrected chi connectivity index (χ1v) is 6.21. The molecule has 0 saturated carbocycles. The van der Waals surface area contributed by atoms with Gasteiger partial charge in [0, 0.05) is 6.54 Å². The molecule has 1 atom stereocenters. The summed E-state index contributed by atoms with van der Waals surface area (Å²) in [5.74, 6) is 0.0217. The van der Waals surface area contributed by atoms with Gasteiger partial charge in [-0.15, -0.1) is 12.4 Å². The normalized spacial score (nSPS) is 25.5. The van der Waals surface area contributed by atoms with Crippen LogP contribution >= 0.6 is 12.4 Å². The lowest BCUT2D eigenvalue weighted by molar-refractivity contribution is -0.157. The minimum atomic E-state index is -4.31. The first-order valence-electron chi connectivity index (χ1n) is 6.21. The van der Waals surface area contributed by atoms with Crippen LogP contribution < -0.4 is 5.32 Å². The molecule has 2 saturated heterocycles. The summed E-state index contributed by atoms with van der Waals surface area (Å²) in [6.45, 7) is 1.69. The number of hydrogen-bond donors (Lipinski definition) is 1. The van der Waals surface area contributed by atoms with Crippen LogP contribution in [0.15, 0.2) is 0 Å². The SMILES string of the molecule is Cl.O=C1CN(CC2CCCNC2)CN1CC(F)(F)F. The molecule has 0 aromatic carbocycles. The Morgan fingerprint density at radius 3 is 2.68 bits per heavy atom. The molecule has 0 bridgehead atoms. The zero-order valence-electron chi connectivity index (χ0n) is 10.6. The monoisotopic (exact) mass is 301 g/mol. The van der Waals surface area contributed by atoms with Gasteiger partial charge in [0.1, 0.15) is 6.54 Å². The Kier molecular flexibility index (Phi) is 5.88. The van der Waals surface area contributed by atoms with Gasteiger partial charge in [-0.25, -0.2) is 0 Å². The molecule has 0 spiro atoms. The van der Waals surface area contributed by atoms with Gasteiger partial charge in [-0.1, -0.05) is 0 Å². The predicted molar refractivity (Wildman–Crippen MR) is 67.0 cm³/mol. The van der Waals surface area contributed by atoms with Crippen LogP contribution in [0.5, 0.6) is 0 Å². The topological polar surface area (TPSA) is 35.6 Å². The van der Waals surface area contributed by atoms with E-state index < -0.39 is 18.6 Å². The van der Waals surface area contributed by atoms with Crippen molar-refractivity contribution in [2.75, 3.05) is 39.4 Å². The fourth-order valence-electron chi connectivity index (χ4n) is 2.58. The largest absolute Gasteiger partial charge is 0.406 e. The Labute approximate surface area is 116 Å². The predicted octanol–water partition coefficient (Wildman–Crippen LogP) is 1.07. The molecule has 1 unspecified atom stereocenters. The second-order valence-corrected chi connectivity index (χ2v) is 5.07. The molecule has 112 valence electrons. The number of alkyl halides is 3. The molecular weight excluding hydrogens is 283 g/mol. The number of piperidine rings is 1. The number of carbonyl (C=O) groups excluding carboxylic acids is 1. The number of amides is 1. The van der Waals surface area contributed by atoms with Gasteiger partial charge in [-0.2, -0.15) is 13.2 Å². The van der Waals surface area contributed by atoms with E-state index >= 15 is 0 Å². The minimum absolute atomic E-state index is 0. The summed E-state index contributed by atoms with van der Waals surface area (Å²) in [6, 6.07) is 0. The molecule has 2 rings (SSSR count). The Bertz CT molecular complexity index is 308. The van der Waals surface area contributed by atoms with Crippen molar-refractivity contribution in [3.63, 3.8) is 0 Å². The summed E-state index contributed by atoms with van der Waals surface area (Å²) < 4.78 is 36.7. The molecule has 2 aliphatic rings. The van der Waals surface area contributed by atoms with E-state index in [2.05, 4.69) is 5.32 Å². The van der Waals surface area contributed by atoms with E-state index in [-0.39, 0.29) is 25.6 Å². The van der Waals surface area contributed by atoms with E-state index in [0.29, 0.717) is 12.5 Å². The molecule has 2 fully saturated rings. The molecule has 0 radical (unpaired) electrons.